The van der Waals surface area contributed by atoms with Crippen molar-refractivity contribution in [3.8, 4) is 0 Å². The summed E-state index contributed by atoms with van der Waals surface area (Å²) in [5, 5.41) is 0.584. The minimum atomic E-state index is -3.82. The monoisotopic (exact) mass is 527 g/mol. The van der Waals surface area contributed by atoms with Crippen molar-refractivity contribution in [2.24, 2.45) is 0 Å². The summed E-state index contributed by atoms with van der Waals surface area (Å²) in [6, 6.07) is 20.1. The second-order valence-electron chi connectivity index (χ2n) is 8.51. The second-order valence-corrected chi connectivity index (χ2v) is 12.0. The van der Waals surface area contributed by atoms with E-state index in [1.807, 2.05) is 6.92 Å². The highest BCUT2D eigenvalue weighted by Gasteiger charge is 2.21. The molecule has 1 fully saturated rings. The fourth-order valence-corrected chi connectivity index (χ4v) is 6.16. The molecule has 2 heterocycles. The van der Waals surface area contributed by atoms with Gasteiger partial charge in [0.25, 0.3) is 10.1 Å². The first kappa shape index (κ1) is 26.1. The van der Waals surface area contributed by atoms with Crippen LogP contribution in [0.5, 0.6) is 0 Å². The van der Waals surface area contributed by atoms with Gasteiger partial charge in [-0.05, 0) is 62.1 Å². The van der Waals surface area contributed by atoms with Crippen molar-refractivity contribution in [1.82, 2.24) is 4.98 Å². The zero-order valence-electron chi connectivity index (χ0n) is 20.0. The fraction of sp³-hybridized carbons (Fsp3) is 0.259. The van der Waals surface area contributed by atoms with Gasteiger partial charge in [-0.15, -0.1) is 0 Å². The van der Waals surface area contributed by atoms with Gasteiger partial charge in [-0.25, -0.2) is 8.42 Å². The number of sulfone groups is 1. The molecule has 0 unspecified atom stereocenters. The number of hydrogen-bond acceptors (Lipinski definition) is 6. The van der Waals surface area contributed by atoms with Gasteiger partial charge in [0.2, 0.25) is 9.84 Å². The second kappa shape index (κ2) is 11.4. The Morgan fingerprint density at radius 2 is 1.56 bits per heavy atom. The van der Waals surface area contributed by atoms with E-state index in [0.717, 1.165) is 24.3 Å². The molecule has 1 N–H and O–H groups in total. The number of hydrogen-bond donors (Lipinski definition) is 1. The molecule has 0 bridgehead atoms. The van der Waals surface area contributed by atoms with Crippen molar-refractivity contribution in [3.05, 3.63) is 90.1 Å². The van der Waals surface area contributed by atoms with Gasteiger partial charge in [-0.1, -0.05) is 48.0 Å². The lowest BCUT2D eigenvalue weighted by molar-refractivity contribution is 0.198. The van der Waals surface area contributed by atoms with Crippen LogP contribution in [0.4, 0.5) is 0 Å². The quantitative estimate of drug-likeness (QED) is 0.337. The molecule has 9 heteroatoms. The minimum Gasteiger partial charge on any atom is -0.381 e. The summed E-state index contributed by atoms with van der Waals surface area (Å²) in [5.41, 5.74) is 2.46. The van der Waals surface area contributed by atoms with Gasteiger partial charge in [-0.3, -0.25) is 4.18 Å². The Bertz CT molecular complexity index is 1500. The lowest BCUT2D eigenvalue weighted by Gasteiger charge is -2.07. The molecule has 5 rings (SSSR count). The number of ether oxygens (including phenoxy) is 1. The van der Waals surface area contributed by atoms with Crippen LogP contribution < -0.4 is 0 Å². The van der Waals surface area contributed by atoms with Gasteiger partial charge in [0.05, 0.1) is 21.3 Å². The van der Waals surface area contributed by atoms with Crippen LogP contribution in [0.3, 0.4) is 0 Å². The maximum absolute atomic E-state index is 12.9. The Morgan fingerprint density at radius 1 is 0.861 bits per heavy atom. The van der Waals surface area contributed by atoms with Gasteiger partial charge in [-0.2, -0.15) is 8.42 Å². The van der Waals surface area contributed by atoms with Gasteiger partial charge in [0.1, 0.15) is 0 Å². The summed E-state index contributed by atoms with van der Waals surface area (Å²) in [6.45, 7) is 3.86. The maximum atomic E-state index is 12.9. The number of aryl methyl sites for hydroxylation is 1. The van der Waals surface area contributed by atoms with Crippen molar-refractivity contribution in [2.75, 3.05) is 19.8 Å². The third-order valence-electron chi connectivity index (χ3n) is 5.82. The average molecular weight is 528 g/mol. The van der Waals surface area contributed by atoms with Crippen molar-refractivity contribution in [2.45, 2.75) is 40.9 Å². The highest BCUT2D eigenvalue weighted by atomic mass is 32.2. The van der Waals surface area contributed by atoms with Crippen molar-refractivity contribution >= 4 is 30.9 Å². The van der Waals surface area contributed by atoms with Gasteiger partial charge < -0.3 is 9.72 Å². The van der Waals surface area contributed by atoms with E-state index in [1.54, 1.807) is 60.7 Å². The average Bonchev–Trinajstić information content (AvgIpc) is 3.58. The molecular formula is C27H29NO6S2. The van der Waals surface area contributed by atoms with E-state index in [1.165, 1.54) is 31.2 Å². The van der Waals surface area contributed by atoms with E-state index < -0.39 is 20.0 Å². The Balaban J connectivity index is 0.000000543. The van der Waals surface area contributed by atoms with Crippen LogP contribution in [0.15, 0.2) is 93.7 Å². The molecule has 1 aromatic heterocycles. The Morgan fingerprint density at radius 3 is 2.19 bits per heavy atom. The molecule has 7 nitrogen and oxygen atoms in total. The molecule has 3 aromatic carbocycles. The van der Waals surface area contributed by atoms with E-state index in [2.05, 4.69) is 4.98 Å². The third kappa shape index (κ3) is 6.22. The summed E-state index contributed by atoms with van der Waals surface area (Å²) >= 11 is 0. The largest absolute Gasteiger partial charge is 0.381 e. The van der Waals surface area contributed by atoms with Crippen LogP contribution in [0.1, 0.15) is 24.0 Å². The van der Waals surface area contributed by atoms with Crippen LogP contribution in [-0.4, -0.2) is 41.6 Å². The molecule has 0 atom stereocenters. The summed E-state index contributed by atoms with van der Waals surface area (Å²) in [7, 11) is -7.46. The molecule has 190 valence electrons. The van der Waals surface area contributed by atoms with Crippen LogP contribution in [-0.2, 0) is 35.3 Å². The van der Waals surface area contributed by atoms with Gasteiger partial charge in [0.15, 0.2) is 0 Å². The van der Waals surface area contributed by atoms with E-state index in [4.69, 9.17) is 8.92 Å². The smallest absolute Gasteiger partial charge is 0.296 e. The van der Waals surface area contributed by atoms with Crippen molar-refractivity contribution < 1.29 is 25.8 Å². The normalized spacial score (nSPS) is 13.9. The van der Waals surface area contributed by atoms with Crippen LogP contribution in [0.25, 0.3) is 10.9 Å². The maximum Gasteiger partial charge on any atom is 0.296 e. The van der Waals surface area contributed by atoms with Crippen molar-refractivity contribution in [3.63, 3.8) is 0 Å². The van der Waals surface area contributed by atoms with Gasteiger partial charge in [0, 0.05) is 30.3 Å². The first-order chi connectivity index (χ1) is 17.3. The predicted molar refractivity (Wildman–Crippen MR) is 138 cm³/mol. The molecule has 0 amide bonds. The summed E-state index contributed by atoms with van der Waals surface area (Å²) in [4.78, 5) is 3.56. The number of aromatic amines is 1. The lowest BCUT2D eigenvalue weighted by Crippen LogP contribution is -2.09. The highest BCUT2D eigenvalue weighted by molar-refractivity contribution is 7.91. The molecule has 1 aliphatic heterocycles. The highest BCUT2D eigenvalue weighted by Crippen LogP contribution is 2.29. The molecule has 1 aliphatic rings. The van der Waals surface area contributed by atoms with Crippen LogP contribution in [0.2, 0.25) is 0 Å². The SMILES string of the molecule is C1CCOC1.Cc1ccc(S(=O)(=O)OCCc2ccc3c(S(=O)(=O)c4ccccc4)c[nH]c3c2)cc1. The molecule has 0 aliphatic carbocycles. The van der Waals surface area contributed by atoms with Crippen LogP contribution in [0, 0.1) is 6.92 Å². The number of rotatable bonds is 7. The molecule has 0 radical (unpaired) electrons. The minimum absolute atomic E-state index is 0.0163. The van der Waals surface area contributed by atoms with E-state index in [9.17, 15) is 16.8 Å². The number of H-pyrrole nitrogens is 1. The lowest BCUT2D eigenvalue weighted by atomic mass is 10.1. The van der Waals surface area contributed by atoms with Crippen molar-refractivity contribution in [1.29, 1.82) is 0 Å². The number of nitrogens with one attached hydrogen (secondary N) is 1. The van der Waals surface area contributed by atoms with E-state index in [0.29, 0.717) is 17.3 Å². The topological polar surface area (TPSA) is 103 Å². The summed E-state index contributed by atoms with van der Waals surface area (Å²) in [6.07, 6.45) is 4.40. The first-order valence-electron chi connectivity index (χ1n) is 11.7. The standard InChI is InChI=1S/C23H21NO5S2.C4H8O/c1-17-7-10-20(11-8-17)31(27,28)29-14-13-18-9-12-21-22(15-18)24-16-23(21)30(25,26)19-5-3-2-4-6-19;1-2-4-5-3-1/h2-12,15-16,24H,13-14H2,1H3;1-4H2. The Labute approximate surface area is 212 Å². The molecule has 1 saturated heterocycles. The molecular weight excluding hydrogens is 498 g/mol. The zero-order valence-corrected chi connectivity index (χ0v) is 21.6. The van der Waals surface area contributed by atoms with Crippen LogP contribution >= 0.6 is 0 Å². The Kier molecular flexibility index (Phi) is 8.25. The molecule has 0 spiro atoms. The Hall–Kier alpha value is -2.98. The fourth-order valence-electron chi connectivity index (χ4n) is 3.80. The van der Waals surface area contributed by atoms with E-state index in [-0.39, 0.29) is 21.3 Å². The predicted octanol–water partition coefficient (Wildman–Crippen LogP) is 5.05. The summed E-state index contributed by atoms with van der Waals surface area (Å²) in [5.74, 6) is 0. The number of aromatic nitrogens is 1. The first-order valence-corrected chi connectivity index (χ1v) is 14.6. The molecule has 36 heavy (non-hydrogen) atoms. The molecule has 0 saturated carbocycles. The molecule has 4 aromatic rings. The zero-order chi connectivity index (χ0) is 25.6. The third-order valence-corrected chi connectivity index (χ3v) is 8.95. The van der Waals surface area contributed by atoms with Gasteiger partial charge >= 0.3 is 0 Å². The summed E-state index contributed by atoms with van der Waals surface area (Å²) < 4.78 is 60.5. The number of fused-ring (bicyclic) bond motifs is 1. The van der Waals surface area contributed by atoms with E-state index >= 15 is 0 Å². The number of benzene rings is 3.